The summed E-state index contributed by atoms with van der Waals surface area (Å²) in [7, 11) is 2.93. The van der Waals surface area contributed by atoms with Crippen LogP contribution in [-0.2, 0) is 27.4 Å². The first kappa shape index (κ1) is 22.7. The van der Waals surface area contributed by atoms with Gasteiger partial charge in [0.1, 0.15) is 30.2 Å². The number of fused-ring (bicyclic) bond motifs is 1. The Labute approximate surface area is 197 Å². The van der Waals surface area contributed by atoms with Gasteiger partial charge in [-0.2, -0.15) is 5.10 Å². The van der Waals surface area contributed by atoms with Crippen molar-refractivity contribution in [1.29, 1.82) is 0 Å². The van der Waals surface area contributed by atoms with Gasteiger partial charge in [-0.1, -0.05) is 30.3 Å². The molecule has 1 heterocycles. The number of nitrogens with two attached hydrogens (primary N) is 1. The van der Waals surface area contributed by atoms with Gasteiger partial charge >= 0.3 is 5.97 Å². The first-order valence-electron chi connectivity index (χ1n) is 10.6. The molecule has 0 aliphatic carbocycles. The summed E-state index contributed by atoms with van der Waals surface area (Å²) < 4.78 is 22.4. The summed E-state index contributed by atoms with van der Waals surface area (Å²) in [5, 5.41) is 5.63. The van der Waals surface area contributed by atoms with Gasteiger partial charge in [0.25, 0.3) is 0 Å². The SMILES string of the molecule is COC(=O)C1=C(OCc2ccccc2)c2ccc(Oc3ccc(OC)cc3)cc2CN1/N=C\N. The second kappa shape index (κ2) is 10.4. The van der Waals surface area contributed by atoms with E-state index in [9.17, 15) is 4.79 Å². The number of hydrogen-bond donors (Lipinski definition) is 1. The Balaban J connectivity index is 1.70. The number of rotatable bonds is 8. The lowest BCUT2D eigenvalue weighted by molar-refractivity contribution is -0.138. The third kappa shape index (κ3) is 4.96. The van der Waals surface area contributed by atoms with Gasteiger partial charge in [0.05, 0.1) is 20.8 Å². The minimum Gasteiger partial charge on any atom is -0.497 e. The third-order valence-electron chi connectivity index (χ3n) is 5.22. The van der Waals surface area contributed by atoms with E-state index in [4.69, 9.17) is 24.7 Å². The molecular weight excluding hydrogens is 434 g/mol. The van der Waals surface area contributed by atoms with Crippen LogP contribution in [0.5, 0.6) is 17.2 Å². The molecule has 0 aromatic heterocycles. The van der Waals surface area contributed by atoms with Gasteiger partial charge in [-0.25, -0.2) is 9.80 Å². The van der Waals surface area contributed by atoms with Gasteiger partial charge in [-0.15, -0.1) is 0 Å². The van der Waals surface area contributed by atoms with E-state index >= 15 is 0 Å². The van der Waals surface area contributed by atoms with Crippen molar-refractivity contribution in [2.75, 3.05) is 14.2 Å². The van der Waals surface area contributed by atoms with Crippen LogP contribution in [0.1, 0.15) is 16.7 Å². The van der Waals surface area contributed by atoms with Crippen molar-refractivity contribution in [3.8, 4) is 17.2 Å². The maximum Gasteiger partial charge on any atom is 0.360 e. The Morgan fingerprint density at radius 3 is 2.38 bits per heavy atom. The molecule has 4 rings (SSSR count). The van der Waals surface area contributed by atoms with Crippen molar-refractivity contribution in [1.82, 2.24) is 5.01 Å². The molecule has 2 N–H and O–H groups in total. The van der Waals surface area contributed by atoms with Crippen LogP contribution in [0, 0.1) is 0 Å². The van der Waals surface area contributed by atoms with Crippen molar-refractivity contribution in [2.24, 2.45) is 10.8 Å². The first-order chi connectivity index (χ1) is 16.6. The van der Waals surface area contributed by atoms with E-state index in [0.717, 1.165) is 28.8 Å². The molecule has 0 atom stereocenters. The van der Waals surface area contributed by atoms with Crippen molar-refractivity contribution < 1.29 is 23.7 Å². The molecule has 34 heavy (non-hydrogen) atoms. The van der Waals surface area contributed by atoms with Crippen LogP contribution in [0.2, 0.25) is 0 Å². The minimum absolute atomic E-state index is 0.177. The summed E-state index contributed by atoms with van der Waals surface area (Å²) in [5.41, 5.74) is 8.31. The predicted octanol–water partition coefficient (Wildman–Crippen LogP) is 4.26. The van der Waals surface area contributed by atoms with Crippen molar-refractivity contribution in [3.63, 3.8) is 0 Å². The molecule has 0 fully saturated rings. The van der Waals surface area contributed by atoms with Crippen LogP contribution in [0.25, 0.3) is 5.76 Å². The van der Waals surface area contributed by atoms with Gasteiger partial charge in [-0.05, 0) is 53.6 Å². The maximum atomic E-state index is 12.7. The molecule has 0 radical (unpaired) electrons. The zero-order chi connectivity index (χ0) is 23.9. The van der Waals surface area contributed by atoms with Crippen LogP contribution < -0.4 is 15.2 Å². The molecule has 0 saturated heterocycles. The summed E-state index contributed by atoms with van der Waals surface area (Å²) in [6.45, 7) is 0.547. The number of hydrogen-bond acceptors (Lipinski definition) is 7. The molecule has 1 aliphatic heterocycles. The van der Waals surface area contributed by atoms with Gasteiger partial charge in [-0.3, -0.25) is 0 Å². The number of carbonyl (C=O) groups is 1. The fourth-order valence-electron chi connectivity index (χ4n) is 3.60. The number of methoxy groups -OCH3 is 2. The fraction of sp³-hybridized carbons (Fsp3) is 0.154. The molecule has 3 aromatic rings. The smallest absolute Gasteiger partial charge is 0.360 e. The normalized spacial score (nSPS) is 12.9. The second-order valence-corrected chi connectivity index (χ2v) is 7.36. The Hall–Kier alpha value is -4.46. The van der Waals surface area contributed by atoms with E-state index < -0.39 is 5.97 Å². The highest BCUT2D eigenvalue weighted by atomic mass is 16.5. The molecule has 0 bridgehead atoms. The fourth-order valence-corrected chi connectivity index (χ4v) is 3.60. The monoisotopic (exact) mass is 459 g/mol. The largest absolute Gasteiger partial charge is 0.497 e. The van der Waals surface area contributed by atoms with Crippen molar-refractivity contribution in [3.05, 3.63) is 95.2 Å². The average Bonchev–Trinajstić information content (AvgIpc) is 2.87. The Kier molecular flexibility index (Phi) is 6.98. The number of benzene rings is 3. The van der Waals surface area contributed by atoms with E-state index in [0.29, 0.717) is 17.3 Å². The van der Waals surface area contributed by atoms with E-state index in [2.05, 4.69) is 5.10 Å². The number of ether oxygens (including phenoxy) is 4. The van der Waals surface area contributed by atoms with Crippen LogP contribution in [0.15, 0.2) is 83.6 Å². The molecule has 8 nitrogen and oxygen atoms in total. The summed E-state index contributed by atoms with van der Waals surface area (Å²) >= 11 is 0. The second-order valence-electron chi connectivity index (χ2n) is 7.36. The zero-order valence-corrected chi connectivity index (χ0v) is 18.9. The van der Waals surface area contributed by atoms with E-state index in [1.54, 1.807) is 7.11 Å². The molecule has 0 unspecified atom stereocenters. The highest BCUT2D eigenvalue weighted by molar-refractivity contribution is 5.96. The summed E-state index contributed by atoms with van der Waals surface area (Å²) in [5.74, 6) is 1.83. The Morgan fingerprint density at radius 1 is 1.00 bits per heavy atom. The summed E-state index contributed by atoms with van der Waals surface area (Å²) in [4.78, 5) is 12.7. The topological polar surface area (TPSA) is 95.6 Å². The molecule has 1 aliphatic rings. The lowest BCUT2D eigenvalue weighted by Crippen LogP contribution is -2.30. The average molecular weight is 460 g/mol. The Morgan fingerprint density at radius 2 is 1.71 bits per heavy atom. The zero-order valence-electron chi connectivity index (χ0n) is 18.9. The van der Waals surface area contributed by atoms with Crippen LogP contribution in [0.4, 0.5) is 0 Å². The maximum absolute atomic E-state index is 12.7. The van der Waals surface area contributed by atoms with Gasteiger partial charge in [0, 0.05) is 5.56 Å². The molecule has 0 saturated carbocycles. The van der Waals surface area contributed by atoms with Gasteiger partial charge < -0.3 is 24.7 Å². The molecular formula is C26H25N3O5. The number of nitrogens with zero attached hydrogens (tertiary/aromatic N) is 2. The summed E-state index contributed by atoms with van der Waals surface area (Å²) in [6.07, 6.45) is 1.13. The van der Waals surface area contributed by atoms with E-state index in [1.165, 1.54) is 12.1 Å². The standard InChI is InChI=1S/C26H25N3O5/c1-31-20-8-10-21(11-9-20)34-22-12-13-23-19(14-22)15-29(28-17-27)24(26(30)32-2)25(23)33-16-18-6-4-3-5-7-18/h3-14,17H,15-16H2,1-2H3,(H2,27,28). The highest BCUT2D eigenvalue weighted by Gasteiger charge is 2.32. The third-order valence-corrected chi connectivity index (χ3v) is 5.22. The first-order valence-corrected chi connectivity index (χ1v) is 10.6. The van der Waals surface area contributed by atoms with Crippen LogP contribution in [0.3, 0.4) is 0 Å². The molecule has 3 aromatic carbocycles. The van der Waals surface area contributed by atoms with Crippen LogP contribution >= 0.6 is 0 Å². The summed E-state index contributed by atoms with van der Waals surface area (Å²) in [6, 6.07) is 22.6. The van der Waals surface area contributed by atoms with Crippen molar-refractivity contribution >= 4 is 18.1 Å². The number of hydrazone groups is 1. The molecule has 0 spiro atoms. The lowest BCUT2D eigenvalue weighted by Gasteiger charge is -2.30. The molecule has 0 amide bonds. The molecule has 8 heteroatoms. The quantitative estimate of drug-likeness (QED) is 0.305. The van der Waals surface area contributed by atoms with E-state index in [1.807, 2.05) is 72.8 Å². The molecule has 174 valence electrons. The van der Waals surface area contributed by atoms with E-state index in [-0.39, 0.29) is 18.8 Å². The Bertz CT molecular complexity index is 1210. The lowest BCUT2D eigenvalue weighted by atomic mass is 9.99. The van der Waals surface area contributed by atoms with Gasteiger partial charge in [0.2, 0.25) is 0 Å². The highest BCUT2D eigenvalue weighted by Crippen LogP contribution is 2.37. The van der Waals surface area contributed by atoms with Crippen LogP contribution in [-0.4, -0.2) is 31.5 Å². The van der Waals surface area contributed by atoms with Gasteiger partial charge in [0.15, 0.2) is 11.5 Å². The number of esters is 1. The number of carbonyl (C=O) groups excluding carboxylic acids is 1. The van der Waals surface area contributed by atoms with Crippen molar-refractivity contribution in [2.45, 2.75) is 13.2 Å². The predicted molar refractivity (Wildman–Crippen MR) is 128 cm³/mol. The minimum atomic E-state index is -0.571.